The zero-order chi connectivity index (χ0) is 17.4. The van der Waals surface area contributed by atoms with Gasteiger partial charge in [-0.05, 0) is 32.9 Å². The van der Waals surface area contributed by atoms with Crippen LogP contribution < -0.4 is 0 Å². The first-order valence-corrected chi connectivity index (χ1v) is 8.71. The van der Waals surface area contributed by atoms with E-state index in [0.717, 1.165) is 5.52 Å². The number of oxazole rings is 1. The van der Waals surface area contributed by atoms with Crippen LogP contribution in [0.3, 0.4) is 0 Å². The molecule has 1 aromatic carbocycles. The Labute approximate surface area is 145 Å². The van der Waals surface area contributed by atoms with E-state index in [9.17, 15) is 4.79 Å². The zero-order valence-corrected chi connectivity index (χ0v) is 15.9. The second kappa shape index (κ2) is 6.36. The number of carbonyl (C=O) groups is 1. The molecule has 0 atom stereocenters. The third kappa shape index (κ3) is 3.83. The van der Waals surface area contributed by atoms with Crippen molar-refractivity contribution in [2.75, 3.05) is 6.61 Å². The molecule has 0 fully saturated rings. The Morgan fingerprint density at radius 1 is 1.30 bits per heavy atom. The standard InChI is InChI=1S/C17H22ClNO3S/c1-7-21-15(20)17(5,6)23-13-10(18)8-9-11-12(13)22-14(19-11)16(2,3)4/h8-9H,7H2,1-6H3. The molecule has 6 heteroatoms. The normalized spacial score (nSPS) is 12.7. The zero-order valence-electron chi connectivity index (χ0n) is 14.3. The quantitative estimate of drug-likeness (QED) is 0.556. The van der Waals surface area contributed by atoms with Crippen molar-refractivity contribution in [2.24, 2.45) is 0 Å². The van der Waals surface area contributed by atoms with Crippen LogP contribution in [0.5, 0.6) is 0 Å². The van der Waals surface area contributed by atoms with Gasteiger partial charge in [0.15, 0.2) is 5.58 Å². The summed E-state index contributed by atoms with van der Waals surface area (Å²) in [4.78, 5) is 17.4. The number of esters is 1. The van der Waals surface area contributed by atoms with Gasteiger partial charge in [0.2, 0.25) is 5.89 Å². The van der Waals surface area contributed by atoms with Crippen molar-refractivity contribution in [1.82, 2.24) is 4.98 Å². The summed E-state index contributed by atoms with van der Waals surface area (Å²) in [5.41, 5.74) is 1.15. The van der Waals surface area contributed by atoms with Crippen LogP contribution in [0.25, 0.3) is 11.1 Å². The van der Waals surface area contributed by atoms with E-state index in [1.807, 2.05) is 40.7 Å². The Morgan fingerprint density at radius 3 is 2.52 bits per heavy atom. The largest absolute Gasteiger partial charge is 0.465 e. The van der Waals surface area contributed by atoms with Crippen molar-refractivity contribution in [2.45, 2.75) is 56.6 Å². The summed E-state index contributed by atoms with van der Waals surface area (Å²) in [7, 11) is 0. The molecule has 0 aliphatic carbocycles. The highest BCUT2D eigenvalue weighted by Crippen LogP contribution is 2.43. The van der Waals surface area contributed by atoms with Crippen molar-refractivity contribution in [3.63, 3.8) is 0 Å². The maximum Gasteiger partial charge on any atom is 0.321 e. The smallest absolute Gasteiger partial charge is 0.321 e. The molecular formula is C17H22ClNO3S. The molecule has 0 amide bonds. The molecular weight excluding hydrogens is 334 g/mol. The lowest BCUT2D eigenvalue weighted by atomic mass is 9.97. The number of halogens is 1. The average Bonchev–Trinajstić information content (AvgIpc) is 2.86. The van der Waals surface area contributed by atoms with Gasteiger partial charge in [0, 0.05) is 5.41 Å². The minimum absolute atomic E-state index is 0.204. The Hall–Kier alpha value is -1.20. The Kier molecular flexibility index (Phi) is 5.02. The molecule has 0 unspecified atom stereocenters. The van der Waals surface area contributed by atoms with Crippen LogP contribution in [0.1, 0.15) is 47.4 Å². The minimum atomic E-state index is -0.775. The summed E-state index contributed by atoms with van der Waals surface area (Å²) in [5, 5.41) is 0.538. The van der Waals surface area contributed by atoms with E-state index >= 15 is 0 Å². The summed E-state index contributed by atoms with van der Waals surface area (Å²) in [6, 6.07) is 3.61. The lowest BCUT2D eigenvalue weighted by Crippen LogP contribution is -2.30. The van der Waals surface area contributed by atoms with Crippen molar-refractivity contribution < 1.29 is 13.9 Å². The molecule has 2 rings (SSSR count). The maximum atomic E-state index is 12.1. The Morgan fingerprint density at radius 2 is 1.96 bits per heavy atom. The molecule has 4 nitrogen and oxygen atoms in total. The SMILES string of the molecule is CCOC(=O)C(C)(C)Sc1c(Cl)ccc2nc(C(C)(C)C)oc12. The van der Waals surface area contributed by atoms with E-state index < -0.39 is 4.75 Å². The lowest BCUT2D eigenvalue weighted by molar-refractivity contribution is -0.145. The molecule has 0 aliphatic heterocycles. The second-order valence-electron chi connectivity index (χ2n) is 6.83. The number of hydrogen-bond acceptors (Lipinski definition) is 5. The van der Waals surface area contributed by atoms with Gasteiger partial charge in [0.25, 0.3) is 0 Å². The summed E-state index contributed by atoms with van der Waals surface area (Å²) in [6.07, 6.45) is 0. The fraction of sp³-hybridized carbons (Fsp3) is 0.529. The number of ether oxygens (including phenoxy) is 1. The minimum Gasteiger partial charge on any atom is -0.465 e. The number of carbonyl (C=O) groups excluding carboxylic acids is 1. The van der Waals surface area contributed by atoms with Crippen LogP contribution in [0.4, 0.5) is 0 Å². The van der Waals surface area contributed by atoms with Crippen LogP contribution in [-0.4, -0.2) is 22.3 Å². The van der Waals surface area contributed by atoms with Crippen LogP contribution >= 0.6 is 23.4 Å². The van der Waals surface area contributed by atoms with Crippen molar-refractivity contribution in [1.29, 1.82) is 0 Å². The van der Waals surface area contributed by atoms with Gasteiger partial charge >= 0.3 is 5.97 Å². The van der Waals surface area contributed by atoms with Gasteiger partial charge in [-0.15, -0.1) is 11.8 Å². The van der Waals surface area contributed by atoms with E-state index in [4.69, 9.17) is 20.8 Å². The average molecular weight is 356 g/mol. The molecule has 0 radical (unpaired) electrons. The highest BCUT2D eigenvalue weighted by Gasteiger charge is 2.33. The first-order valence-electron chi connectivity index (χ1n) is 7.52. The Bertz CT molecular complexity index is 731. The van der Waals surface area contributed by atoms with Gasteiger partial charge in [0.1, 0.15) is 10.3 Å². The van der Waals surface area contributed by atoms with Crippen LogP contribution in [0.15, 0.2) is 21.4 Å². The van der Waals surface area contributed by atoms with Crippen LogP contribution in [0.2, 0.25) is 5.02 Å². The van der Waals surface area contributed by atoms with Crippen LogP contribution in [-0.2, 0) is 14.9 Å². The van der Waals surface area contributed by atoms with Gasteiger partial charge in [-0.3, -0.25) is 4.79 Å². The third-order valence-electron chi connectivity index (χ3n) is 3.23. The molecule has 1 aromatic heterocycles. The number of rotatable bonds is 4. The molecule has 0 saturated heterocycles. The number of benzene rings is 1. The number of hydrogen-bond donors (Lipinski definition) is 0. The van der Waals surface area contributed by atoms with Gasteiger partial charge < -0.3 is 9.15 Å². The second-order valence-corrected chi connectivity index (χ2v) is 8.87. The summed E-state index contributed by atoms with van der Waals surface area (Å²) in [5.74, 6) is 0.360. The van der Waals surface area contributed by atoms with Crippen molar-refractivity contribution in [3.8, 4) is 0 Å². The first-order chi connectivity index (χ1) is 10.6. The lowest BCUT2D eigenvalue weighted by Gasteiger charge is -2.22. The van der Waals surface area contributed by atoms with E-state index in [0.29, 0.717) is 28.0 Å². The number of thioether (sulfide) groups is 1. The molecule has 0 spiro atoms. The highest BCUT2D eigenvalue weighted by molar-refractivity contribution is 8.01. The van der Waals surface area contributed by atoms with Crippen molar-refractivity contribution >= 4 is 40.4 Å². The third-order valence-corrected chi connectivity index (χ3v) is 4.94. The monoisotopic (exact) mass is 355 g/mol. The predicted molar refractivity (Wildman–Crippen MR) is 94.3 cm³/mol. The number of nitrogens with zero attached hydrogens (tertiary/aromatic N) is 1. The van der Waals surface area contributed by atoms with E-state index in [-0.39, 0.29) is 11.4 Å². The molecule has 2 aromatic rings. The molecule has 126 valence electrons. The topological polar surface area (TPSA) is 52.3 Å². The molecule has 0 N–H and O–H groups in total. The highest BCUT2D eigenvalue weighted by atomic mass is 35.5. The summed E-state index contributed by atoms with van der Waals surface area (Å²) < 4.78 is 10.3. The van der Waals surface area contributed by atoms with E-state index in [2.05, 4.69) is 4.98 Å². The molecule has 0 bridgehead atoms. The molecule has 1 heterocycles. The van der Waals surface area contributed by atoms with E-state index in [1.165, 1.54) is 11.8 Å². The van der Waals surface area contributed by atoms with Gasteiger partial charge in [-0.2, -0.15) is 0 Å². The predicted octanol–water partition coefficient (Wildman–Crippen LogP) is 5.21. The summed E-state index contributed by atoms with van der Waals surface area (Å²) >= 11 is 7.69. The van der Waals surface area contributed by atoms with Crippen LogP contribution in [0, 0.1) is 0 Å². The number of aromatic nitrogens is 1. The fourth-order valence-electron chi connectivity index (χ4n) is 1.96. The maximum absolute atomic E-state index is 12.1. The van der Waals surface area contributed by atoms with Gasteiger partial charge in [-0.1, -0.05) is 32.4 Å². The fourth-order valence-corrected chi connectivity index (χ4v) is 3.28. The van der Waals surface area contributed by atoms with Gasteiger partial charge in [-0.25, -0.2) is 4.98 Å². The van der Waals surface area contributed by atoms with Crippen molar-refractivity contribution in [3.05, 3.63) is 23.0 Å². The Balaban J connectivity index is 2.49. The van der Waals surface area contributed by atoms with E-state index in [1.54, 1.807) is 13.0 Å². The first kappa shape index (κ1) is 18.1. The molecule has 0 saturated carbocycles. The molecule has 23 heavy (non-hydrogen) atoms. The van der Waals surface area contributed by atoms with Gasteiger partial charge in [0.05, 0.1) is 16.5 Å². The molecule has 0 aliphatic rings. The number of fused-ring (bicyclic) bond motifs is 1. The summed E-state index contributed by atoms with van der Waals surface area (Å²) in [6.45, 7) is 11.9.